The molecule has 0 atom stereocenters. The molecule has 0 saturated carbocycles. The van der Waals surface area contributed by atoms with Crippen LogP contribution in [0.4, 0.5) is 4.79 Å². The number of benzene rings is 1. The molecule has 0 saturated heterocycles. The van der Waals surface area contributed by atoms with Gasteiger partial charge in [0.15, 0.2) is 0 Å². The molecule has 0 fully saturated rings. The molecule has 2 N–H and O–H groups in total. The molecule has 0 aliphatic carbocycles. The Balaban J connectivity index is 2.63. The van der Waals surface area contributed by atoms with Gasteiger partial charge in [0.2, 0.25) is 0 Å². The zero-order valence-electron chi connectivity index (χ0n) is 12.2. The van der Waals surface area contributed by atoms with Crippen LogP contribution in [0.1, 0.15) is 25.0 Å². The third-order valence-corrected chi connectivity index (χ3v) is 3.26. The van der Waals surface area contributed by atoms with Gasteiger partial charge in [0.1, 0.15) is 0 Å². The van der Waals surface area contributed by atoms with Crippen LogP contribution in [0.15, 0.2) is 24.3 Å². The van der Waals surface area contributed by atoms with Crippen LogP contribution in [0.3, 0.4) is 0 Å². The van der Waals surface area contributed by atoms with Crippen molar-refractivity contribution in [2.24, 2.45) is 0 Å². The minimum atomic E-state index is -0.158. The summed E-state index contributed by atoms with van der Waals surface area (Å²) in [6.45, 7) is 7.16. The van der Waals surface area contributed by atoms with E-state index in [0.717, 1.165) is 0 Å². The zero-order chi connectivity index (χ0) is 14.5. The van der Waals surface area contributed by atoms with Crippen molar-refractivity contribution < 1.29 is 9.90 Å². The number of nitrogens with one attached hydrogen (secondary N) is 1. The van der Waals surface area contributed by atoms with Gasteiger partial charge in [-0.2, -0.15) is 0 Å². The van der Waals surface area contributed by atoms with Crippen LogP contribution in [0.2, 0.25) is 0 Å². The summed E-state index contributed by atoms with van der Waals surface area (Å²) in [5.41, 5.74) is 2.30. The monoisotopic (exact) mass is 264 g/mol. The van der Waals surface area contributed by atoms with Crippen molar-refractivity contribution in [1.29, 1.82) is 0 Å². The number of carbonyl (C=O) groups is 1. The number of hydrogen-bond donors (Lipinski definition) is 2. The molecular weight excluding hydrogens is 240 g/mol. The standard InChI is InChI=1S/C15H24N2O2/c1-12-6-5-7-13(10-12)15(2,3)11-16-14(19)17(4)8-9-18/h5-7,10,18H,8-9,11H2,1-4H3,(H,16,19). The summed E-state index contributed by atoms with van der Waals surface area (Å²) < 4.78 is 0. The van der Waals surface area contributed by atoms with Gasteiger partial charge in [-0.3, -0.25) is 0 Å². The lowest BCUT2D eigenvalue weighted by Crippen LogP contribution is -2.44. The lowest BCUT2D eigenvalue weighted by atomic mass is 9.84. The first-order valence-electron chi connectivity index (χ1n) is 6.54. The Labute approximate surface area is 115 Å². The molecule has 0 unspecified atom stereocenters. The first-order chi connectivity index (χ1) is 8.86. The molecule has 4 heteroatoms. The molecule has 0 bridgehead atoms. The van der Waals surface area contributed by atoms with Crippen molar-refractivity contribution in [2.75, 3.05) is 26.7 Å². The summed E-state index contributed by atoms with van der Waals surface area (Å²) in [6, 6.07) is 8.16. The van der Waals surface area contributed by atoms with Crippen LogP contribution in [0.25, 0.3) is 0 Å². The van der Waals surface area contributed by atoms with Crippen molar-refractivity contribution in [3.8, 4) is 0 Å². The number of amides is 2. The van der Waals surface area contributed by atoms with Gasteiger partial charge in [0, 0.05) is 25.6 Å². The van der Waals surface area contributed by atoms with Crippen molar-refractivity contribution in [3.63, 3.8) is 0 Å². The van der Waals surface area contributed by atoms with E-state index in [1.54, 1.807) is 7.05 Å². The Morgan fingerprint density at radius 3 is 2.68 bits per heavy atom. The molecule has 2 amide bonds. The number of aryl methyl sites for hydroxylation is 1. The Kier molecular flexibility index (Phi) is 5.36. The van der Waals surface area contributed by atoms with E-state index in [1.165, 1.54) is 16.0 Å². The molecule has 0 radical (unpaired) electrons. The maximum absolute atomic E-state index is 11.8. The van der Waals surface area contributed by atoms with Gasteiger partial charge in [0.05, 0.1) is 6.61 Å². The van der Waals surface area contributed by atoms with Gasteiger partial charge in [0.25, 0.3) is 0 Å². The first-order valence-corrected chi connectivity index (χ1v) is 6.54. The van der Waals surface area contributed by atoms with Gasteiger partial charge in [-0.15, -0.1) is 0 Å². The highest BCUT2D eigenvalue weighted by atomic mass is 16.3. The fraction of sp³-hybridized carbons (Fsp3) is 0.533. The average Bonchev–Trinajstić information content (AvgIpc) is 2.36. The molecule has 106 valence electrons. The second-order valence-electron chi connectivity index (χ2n) is 5.56. The van der Waals surface area contributed by atoms with E-state index >= 15 is 0 Å². The van der Waals surface area contributed by atoms with Crippen molar-refractivity contribution in [3.05, 3.63) is 35.4 Å². The van der Waals surface area contributed by atoms with Crippen molar-refractivity contribution in [2.45, 2.75) is 26.2 Å². The van der Waals surface area contributed by atoms with Crippen LogP contribution >= 0.6 is 0 Å². The van der Waals surface area contributed by atoms with Crippen LogP contribution in [0, 0.1) is 6.92 Å². The molecule has 0 aliphatic heterocycles. The molecule has 0 heterocycles. The zero-order valence-corrected chi connectivity index (χ0v) is 12.2. The molecular formula is C15H24N2O2. The van der Waals surface area contributed by atoms with Crippen LogP contribution < -0.4 is 5.32 Å². The number of hydrogen-bond acceptors (Lipinski definition) is 2. The average molecular weight is 264 g/mol. The summed E-state index contributed by atoms with van der Waals surface area (Å²) in [7, 11) is 1.67. The highest BCUT2D eigenvalue weighted by molar-refractivity contribution is 5.73. The van der Waals surface area contributed by atoms with Gasteiger partial charge < -0.3 is 15.3 Å². The lowest BCUT2D eigenvalue weighted by molar-refractivity contribution is 0.188. The molecule has 19 heavy (non-hydrogen) atoms. The largest absolute Gasteiger partial charge is 0.395 e. The van der Waals surface area contributed by atoms with Gasteiger partial charge in [-0.25, -0.2) is 4.79 Å². The molecule has 1 aromatic rings. The first kappa shape index (κ1) is 15.5. The summed E-state index contributed by atoms with van der Waals surface area (Å²) in [4.78, 5) is 13.3. The minimum absolute atomic E-state index is 0.0226. The SMILES string of the molecule is Cc1cccc(C(C)(C)CNC(=O)N(C)CCO)c1. The number of likely N-dealkylation sites (N-methyl/N-ethyl adjacent to an activating group) is 1. The van der Waals surface area contributed by atoms with E-state index in [2.05, 4.69) is 44.3 Å². The van der Waals surface area contributed by atoms with E-state index in [4.69, 9.17) is 5.11 Å². The summed E-state index contributed by atoms with van der Waals surface area (Å²) in [6.07, 6.45) is 0. The fourth-order valence-corrected chi connectivity index (χ4v) is 1.85. The summed E-state index contributed by atoms with van der Waals surface area (Å²) in [5.74, 6) is 0. The number of aliphatic hydroxyl groups excluding tert-OH is 1. The second kappa shape index (κ2) is 6.57. The van der Waals surface area contributed by atoms with E-state index in [-0.39, 0.29) is 18.1 Å². The van der Waals surface area contributed by atoms with Crippen LogP contribution in [-0.4, -0.2) is 42.8 Å². The summed E-state index contributed by atoms with van der Waals surface area (Å²) in [5, 5.41) is 11.7. The highest BCUT2D eigenvalue weighted by Gasteiger charge is 2.22. The molecule has 1 rings (SSSR count). The van der Waals surface area contributed by atoms with E-state index in [0.29, 0.717) is 13.1 Å². The van der Waals surface area contributed by atoms with Gasteiger partial charge in [-0.1, -0.05) is 43.7 Å². The van der Waals surface area contributed by atoms with Gasteiger partial charge >= 0.3 is 6.03 Å². The third kappa shape index (κ3) is 4.56. The normalized spacial score (nSPS) is 11.2. The molecule has 0 aliphatic rings. The highest BCUT2D eigenvalue weighted by Crippen LogP contribution is 2.23. The summed E-state index contributed by atoms with van der Waals surface area (Å²) >= 11 is 0. The predicted molar refractivity (Wildman–Crippen MR) is 77.3 cm³/mol. The Bertz CT molecular complexity index is 430. The number of nitrogens with zero attached hydrogens (tertiary/aromatic N) is 1. The molecule has 0 aromatic heterocycles. The number of aliphatic hydroxyl groups is 1. The lowest BCUT2D eigenvalue weighted by Gasteiger charge is -2.27. The van der Waals surface area contributed by atoms with E-state index in [9.17, 15) is 4.79 Å². The minimum Gasteiger partial charge on any atom is -0.395 e. The van der Waals surface area contributed by atoms with Gasteiger partial charge in [-0.05, 0) is 12.5 Å². The van der Waals surface area contributed by atoms with E-state index < -0.39 is 0 Å². The third-order valence-electron chi connectivity index (χ3n) is 3.26. The topological polar surface area (TPSA) is 52.6 Å². The Hall–Kier alpha value is -1.55. The Morgan fingerprint density at radius 2 is 2.11 bits per heavy atom. The number of carbonyl (C=O) groups excluding carboxylic acids is 1. The second-order valence-corrected chi connectivity index (χ2v) is 5.56. The molecule has 0 spiro atoms. The van der Waals surface area contributed by atoms with Crippen LogP contribution in [-0.2, 0) is 5.41 Å². The predicted octanol–water partition coefficient (Wildman–Crippen LogP) is 1.91. The van der Waals surface area contributed by atoms with Crippen LogP contribution in [0.5, 0.6) is 0 Å². The smallest absolute Gasteiger partial charge is 0.317 e. The maximum Gasteiger partial charge on any atom is 0.317 e. The van der Waals surface area contributed by atoms with E-state index in [1.807, 2.05) is 6.07 Å². The van der Waals surface area contributed by atoms with Crippen molar-refractivity contribution in [1.82, 2.24) is 10.2 Å². The Morgan fingerprint density at radius 1 is 1.42 bits per heavy atom. The molecule has 1 aromatic carbocycles. The number of rotatable bonds is 5. The van der Waals surface area contributed by atoms with Crippen molar-refractivity contribution >= 4 is 6.03 Å². The fourth-order valence-electron chi connectivity index (χ4n) is 1.85. The number of urea groups is 1. The molecule has 4 nitrogen and oxygen atoms in total. The maximum atomic E-state index is 11.8. The quantitative estimate of drug-likeness (QED) is 0.853.